The third-order valence-corrected chi connectivity index (χ3v) is 4.54. The third-order valence-electron chi connectivity index (χ3n) is 4.54. The molecule has 3 aromatic rings. The number of methoxy groups -OCH3 is 2. The molecule has 1 heterocycles. The van der Waals surface area contributed by atoms with Crippen molar-refractivity contribution in [2.45, 2.75) is 19.9 Å². The summed E-state index contributed by atoms with van der Waals surface area (Å²) in [5.41, 5.74) is 0.0402. The Morgan fingerprint density at radius 3 is 2.37 bits per heavy atom. The zero-order valence-corrected chi connectivity index (χ0v) is 17.0. The van der Waals surface area contributed by atoms with Crippen molar-refractivity contribution >= 4 is 22.5 Å². The van der Waals surface area contributed by atoms with Gasteiger partial charge in [-0.3, -0.25) is 9.59 Å². The number of carbonyl (C=O) groups excluding carboxylic acids is 2. The Labute approximate surface area is 173 Å². The van der Waals surface area contributed by atoms with Gasteiger partial charge in [-0.1, -0.05) is 25.1 Å². The van der Waals surface area contributed by atoms with Gasteiger partial charge < -0.3 is 14.2 Å². The van der Waals surface area contributed by atoms with Gasteiger partial charge >= 0.3 is 5.97 Å². The number of aromatic nitrogens is 2. The standard InChI is InChI=1S/C22H22N2O6/c1-4-11-24-21(26)16-8-6-5-7-15(16)20(23-24)22(27)30-13-17(25)14-9-10-18(28-2)19(12-14)29-3/h5-10,12H,4,11,13H2,1-3H3. The molecule has 8 heteroatoms. The van der Waals surface area contributed by atoms with E-state index < -0.39 is 18.4 Å². The van der Waals surface area contributed by atoms with Crippen LogP contribution in [-0.4, -0.2) is 42.4 Å². The highest BCUT2D eigenvalue weighted by molar-refractivity contribution is 6.04. The lowest BCUT2D eigenvalue weighted by Crippen LogP contribution is -2.27. The summed E-state index contributed by atoms with van der Waals surface area (Å²) in [4.78, 5) is 37.7. The maximum Gasteiger partial charge on any atom is 0.359 e. The van der Waals surface area contributed by atoms with E-state index in [-0.39, 0.29) is 11.3 Å². The van der Waals surface area contributed by atoms with Crippen LogP contribution in [0.15, 0.2) is 47.3 Å². The van der Waals surface area contributed by atoms with Crippen molar-refractivity contribution in [3.63, 3.8) is 0 Å². The smallest absolute Gasteiger partial charge is 0.359 e. The molecule has 0 aliphatic rings. The highest BCUT2D eigenvalue weighted by atomic mass is 16.5. The number of esters is 1. The molecule has 0 bridgehead atoms. The van der Waals surface area contributed by atoms with Gasteiger partial charge in [-0.05, 0) is 30.7 Å². The molecule has 0 fully saturated rings. The molecule has 8 nitrogen and oxygen atoms in total. The van der Waals surface area contributed by atoms with Gasteiger partial charge in [0.2, 0.25) is 0 Å². The average molecular weight is 410 g/mol. The topological polar surface area (TPSA) is 96.7 Å². The molecular formula is C22H22N2O6. The summed E-state index contributed by atoms with van der Waals surface area (Å²) in [6.45, 7) is 1.80. The van der Waals surface area contributed by atoms with Crippen LogP contribution in [0, 0.1) is 0 Å². The van der Waals surface area contributed by atoms with Gasteiger partial charge in [0.15, 0.2) is 29.6 Å². The number of hydrogen-bond acceptors (Lipinski definition) is 7. The zero-order chi connectivity index (χ0) is 21.7. The lowest BCUT2D eigenvalue weighted by Gasteiger charge is -2.11. The van der Waals surface area contributed by atoms with E-state index in [1.165, 1.54) is 25.0 Å². The van der Waals surface area contributed by atoms with Crippen LogP contribution in [0.5, 0.6) is 11.5 Å². The summed E-state index contributed by atoms with van der Waals surface area (Å²) in [6.07, 6.45) is 0.678. The van der Waals surface area contributed by atoms with Crippen molar-refractivity contribution in [2.75, 3.05) is 20.8 Å². The van der Waals surface area contributed by atoms with Crippen molar-refractivity contribution in [3.8, 4) is 11.5 Å². The van der Waals surface area contributed by atoms with E-state index >= 15 is 0 Å². The molecule has 0 aliphatic heterocycles. The van der Waals surface area contributed by atoms with Crippen molar-refractivity contribution < 1.29 is 23.8 Å². The van der Waals surface area contributed by atoms with Gasteiger partial charge in [0.25, 0.3) is 5.56 Å². The van der Waals surface area contributed by atoms with Crippen molar-refractivity contribution in [1.82, 2.24) is 9.78 Å². The van der Waals surface area contributed by atoms with Gasteiger partial charge in [-0.2, -0.15) is 5.10 Å². The summed E-state index contributed by atoms with van der Waals surface area (Å²) in [5, 5.41) is 4.93. The number of fused-ring (bicyclic) bond motifs is 1. The van der Waals surface area contributed by atoms with Crippen LogP contribution < -0.4 is 15.0 Å². The number of hydrogen-bond donors (Lipinski definition) is 0. The van der Waals surface area contributed by atoms with E-state index in [2.05, 4.69) is 5.10 Å². The summed E-state index contributed by atoms with van der Waals surface area (Å²) in [5.74, 6) is -0.297. The molecule has 0 saturated heterocycles. The highest BCUT2D eigenvalue weighted by Gasteiger charge is 2.20. The van der Waals surface area contributed by atoms with Gasteiger partial charge in [-0.25, -0.2) is 9.48 Å². The van der Waals surface area contributed by atoms with Crippen LogP contribution in [0.25, 0.3) is 10.8 Å². The number of Topliss-reactive ketones (excluding diaryl/α,β-unsaturated/α-hetero) is 1. The maximum absolute atomic E-state index is 12.7. The molecule has 0 radical (unpaired) electrons. The second-order valence-electron chi connectivity index (χ2n) is 6.49. The minimum absolute atomic E-state index is 0.00115. The predicted octanol–water partition coefficient (Wildman–Crippen LogP) is 2.86. The van der Waals surface area contributed by atoms with Crippen molar-refractivity contribution in [1.29, 1.82) is 0 Å². The molecule has 0 N–H and O–H groups in total. The lowest BCUT2D eigenvalue weighted by molar-refractivity contribution is 0.0468. The molecule has 0 unspecified atom stereocenters. The van der Waals surface area contributed by atoms with Crippen molar-refractivity contribution in [3.05, 3.63) is 64.1 Å². The first-order valence-corrected chi connectivity index (χ1v) is 9.42. The molecular weight excluding hydrogens is 388 g/mol. The second kappa shape index (κ2) is 9.21. The molecule has 1 aromatic heterocycles. The minimum Gasteiger partial charge on any atom is -0.493 e. The number of ether oxygens (including phenoxy) is 3. The Bertz CT molecular complexity index is 1150. The zero-order valence-electron chi connectivity index (χ0n) is 17.0. The molecule has 0 saturated carbocycles. The van der Waals surface area contributed by atoms with E-state index in [4.69, 9.17) is 14.2 Å². The Morgan fingerprint density at radius 1 is 1.00 bits per heavy atom. The first-order chi connectivity index (χ1) is 14.5. The number of rotatable bonds is 8. The van der Waals surface area contributed by atoms with Gasteiger partial charge in [0, 0.05) is 17.5 Å². The fourth-order valence-electron chi connectivity index (χ4n) is 3.04. The minimum atomic E-state index is -0.773. The number of benzene rings is 2. The monoisotopic (exact) mass is 410 g/mol. The van der Waals surface area contributed by atoms with E-state index in [0.29, 0.717) is 40.8 Å². The highest BCUT2D eigenvalue weighted by Crippen LogP contribution is 2.27. The van der Waals surface area contributed by atoms with Crippen LogP contribution in [0.1, 0.15) is 34.2 Å². The molecule has 0 spiro atoms. The molecule has 156 valence electrons. The molecule has 2 aromatic carbocycles. The fraction of sp³-hybridized carbons (Fsp3) is 0.273. The predicted molar refractivity (Wildman–Crippen MR) is 110 cm³/mol. The summed E-state index contributed by atoms with van der Waals surface area (Å²) < 4.78 is 16.8. The Balaban J connectivity index is 1.84. The molecule has 30 heavy (non-hydrogen) atoms. The molecule has 3 rings (SSSR count). The largest absolute Gasteiger partial charge is 0.493 e. The lowest BCUT2D eigenvalue weighted by atomic mass is 10.1. The van der Waals surface area contributed by atoms with Gasteiger partial charge in [0.05, 0.1) is 19.6 Å². The first-order valence-electron chi connectivity index (χ1n) is 9.42. The van der Waals surface area contributed by atoms with Crippen LogP contribution in [-0.2, 0) is 11.3 Å². The maximum atomic E-state index is 12.7. The average Bonchev–Trinajstić information content (AvgIpc) is 2.78. The van der Waals surface area contributed by atoms with Crippen LogP contribution in [0.4, 0.5) is 0 Å². The molecule has 0 aliphatic carbocycles. The number of carbonyl (C=O) groups is 2. The quantitative estimate of drug-likeness (QED) is 0.416. The van der Waals surface area contributed by atoms with Gasteiger partial charge in [-0.15, -0.1) is 0 Å². The second-order valence-corrected chi connectivity index (χ2v) is 6.49. The fourth-order valence-corrected chi connectivity index (χ4v) is 3.04. The normalized spacial score (nSPS) is 10.6. The summed E-state index contributed by atoms with van der Waals surface area (Å²) in [6, 6.07) is 11.4. The summed E-state index contributed by atoms with van der Waals surface area (Å²) >= 11 is 0. The number of nitrogens with zero attached hydrogens (tertiary/aromatic N) is 2. The molecule has 0 atom stereocenters. The summed E-state index contributed by atoms with van der Waals surface area (Å²) in [7, 11) is 2.96. The Morgan fingerprint density at radius 2 is 1.70 bits per heavy atom. The number of aryl methyl sites for hydroxylation is 1. The van der Waals surface area contributed by atoms with E-state index in [1.807, 2.05) is 6.92 Å². The van der Waals surface area contributed by atoms with Crippen LogP contribution >= 0.6 is 0 Å². The Hall–Kier alpha value is -3.68. The third kappa shape index (κ3) is 4.17. The van der Waals surface area contributed by atoms with Crippen molar-refractivity contribution in [2.24, 2.45) is 0 Å². The van der Waals surface area contributed by atoms with E-state index in [1.54, 1.807) is 36.4 Å². The SMILES string of the molecule is CCCn1nc(C(=O)OCC(=O)c2ccc(OC)c(OC)c2)c2ccccc2c1=O. The van der Waals surface area contributed by atoms with E-state index in [9.17, 15) is 14.4 Å². The first kappa shape index (κ1) is 21.0. The van der Waals surface area contributed by atoms with Gasteiger partial charge in [0.1, 0.15) is 0 Å². The number of ketones is 1. The van der Waals surface area contributed by atoms with E-state index in [0.717, 1.165) is 0 Å². The molecule has 0 amide bonds. The Kier molecular flexibility index (Phi) is 6.46. The van der Waals surface area contributed by atoms with Crippen LogP contribution in [0.2, 0.25) is 0 Å². The van der Waals surface area contributed by atoms with Crippen LogP contribution in [0.3, 0.4) is 0 Å².